The van der Waals surface area contributed by atoms with E-state index in [1.807, 2.05) is 6.92 Å². The van der Waals surface area contributed by atoms with Crippen LogP contribution in [0.4, 0.5) is 0 Å². The molecule has 90 valence electrons. The molecule has 0 fully saturated rings. The predicted octanol–water partition coefficient (Wildman–Crippen LogP) is 0.646. The molecule has 5 heteroatoms. The van der Waals surface area contributed by atoms with Crippen molar-refractivity contribution in [2.75, 3.05) is 33.0 Å². The number of hydrogen-bond donors (Lipinski definition) is 2. The number of hydrogen-bond acceptors (Lipinski definition) is 5. The largest absolute Gasteiger partial charge is 0.378 e. The first-order valence-electron chi connectivity index (χ1n) is 5.15. The van der Waals surface area contributed by atoms with Gasteiger partial charge >= 0.3 is 0 Å². The second-order valence-corrected chi connectivity index (χ2v) is 4.49. The van der Waals surface area contributed by atoms with E-state index in [1.165, 1.54) is 0 Å². The molecule has 0 amide bonds. The summed E-state index contributed by atoms with van der Waals surface area (Å²) in [6.07, 6.45) is 0.696. The first kappa shape index (κ1) is 14.9. The Morgan fingerprint density at radius 3 is 2.47 bits per heavy atom. The van der Waals surface area contributed by atoms with E-state index >= 15 is 0 Å². The van der Waals surface area contributed by atoms with Gasteiger partial charge in [0.05, 0.1) is 24.6 Å². The van der Waals surface area contributed by atoms with Crippen LogP contribution in [-0.4, -0.2) is 43.5 Å². The smallest absolute Gasteiger partial charge is 0.173 e. The summed E-state index contributed by atoms with van der Waals surface area (Å²) in [5, 5.41) is 0. The van der Waals surface area contributed by atoms with Crippen LogP contribution in [-0.2, 0) is 14.3 Å². The molecule has 0 aromatic heterocycles. The van der Waals surface area contributed by atoms with Crippen LogP contribution in [0.1, 0.15) is 20.3 Å². The number of ketones is 1. The molecule has 0 bridgehead atoms. The molecule has 0 aliphatic rings. The first-order valence-corrected chi connectivity index (χ1v) is 5.60. The fourth-order valence-corrected chi connectivity index (χ4v) is 0.885. The third kappa shape index (κ3) is 6.89. The van der Waals surface area contributed by atoms with Gasteiger partial charge < -0.3 is 15.2 Å². The zero-order chi connectivity index (χ0) is 11.7. The fourth-order valence-electron chi connectivity index (χ4n) is 0.821. The molecule has 0 radical (unpaired) electrons. The topological polar surface area (TPSA) is 61.5 Å². The van der Waals surface area contributed by atoms with Crippen LogP contribution in [0.15, 0.2) is 0 Å². The summed E-state index contributed by atoms with van der Waals surface area (Å²) >= 11 is 4.26. The van der Waals surface area contributed by atoms with E-state index in [1.54, 1.807) is 6.92 Å². The van der Waals surface area contributed by atoms with Crippen LogP contribution in [0.25, 0.3) is 0 Å². The Balaban J connectivity index is 3.47. The second-order valence-electron chi connectivity index (χ2n) is 3.50. The number of carbonyl (C=O) groups is 1. The molecule has 1 unspecified atom stereocenters. The van der Waals surface area contributed by atoms with Crippen molar-refractivity contribution in [3.8, 4) is 0 Å². The van der Waals surface area contributed by atoms with Crippen molar-refractivity contribution in [2.45, 2.75) is 25.0 Å². The summed E-state index contributed by atoms with van der Waals surface area (Å²) in [6, 6.07) is 0. The average molecular weight is 235 g/mol. The summed E-state index contributed by atoms with van der Waals surface area (Å²) in [6.45, 7) is 5.74. The van der Waals surface area contributed by atoms with Crippen molar-refractivity contribution in [3.05, 3.63) is 0 Å². The Bertz CT molecular complexity index is 186. The Morgan fingerprint density at radius 1 is 1.33 bits per heavy atom. The summed E-state index contributed by atoms with van der Waals surface area (Å²) in [5.41, 5.74) is 5.24. The Hall–Kier alpha value is -0.100. The van der Waals surface area contributed by atoms with Gasteiger partial charge in [0.25, 0.3) is 0 Å². The van der Waals surface area contributed by atoms with Crippen LogP contribution in [0.3, 0.4) is 0 Å². The van der Waals surface area contributed by atoms with Gasteiger partial charge in [-0.25, -0.2) is 0 Å². The van der Waals surface area contributed by atoms with Gasteiger partial charge in [-0.15, -0.1) is 0 Å². The highest BCUT2D eigenvalue weighted by Crippen LogP contribution is 2.18. The van der Waals surface area contributed by atoms with Crippen molar-refractivity contribution in [3.63, 3.8) is 0 Å². The normalized spacial score (nSPS) is 14.9. The minimum Gasteiger partial charge on any atom is -0.378 e. The van der Waals surface area contributed by atoms with Gasteiger partial charge in [0.2, 0.25) is 0 Å². The van der Waals surface area contributed by atoms with Crippen molar-refractivity contribution in [2.24, 2.45) is 5.73 Å². The highest BCUT2D eigenvalue weighted by atomic mass is 32.1. The van der Waals surface area contributed by atoms with E-state index in [2.05, 4.69) is 12.6 Å². The summed E-state index contributed by atoms with van der Waals surface area (Å²) < 4.78 is 9.68. The number of nitrogens with two attached hydrogens (primary N) is 1. The molecule has 0 aliphatic heterocycles. The molecule has 4 nitrogen and oxygen atoms in total. The molecule has 0 aromatic carbocycles. The quantitative estimate of drug-likeness (QED) is 0.455. The van der Waals surface area contributed by atoms with Crippen molar-refractivity contribution >= 4 is 18.4 Å². The summed E-state index contributed by atoms with van der Waals surface area (Å²) in [7, 11) is 0. The molecule has 0 saturated heterocycles. The van der Waals surface area contributed by atoms with Crippen molar-refractivity contribution < 1.29 is 14.3 Å². The van der Waals surface area contributed by atoms with Crippen molar-refractivity contribution in [1.29, 1.82) is 0 Å². The third-order valence-electron chi connectivity index (χ3n) is 2.16. The predicted molar refractivity (Wildman–Crippen MR) is 63.4 cm³/mol. The van der Waals surface area contributed by atoms with Gasteiger partial charge in [-0.2, -0.15) is 12.6 Å². The molecule has 0 aliphatic carbocycles. The van der Waals surface area contributed by atoms with Crippen LogP contribution in [0, 0.1) is 0 Å². The van der Waals surface area contributed by atoms with Crippen LogP contribution < -0.4 is 5.73 Å². The van der Waals surface area contributed by atoms with Gasteiger partial charge in [0.15, 0.2) is 5.78 Å². The van der Waals surface area contributed by atoms with Gasteiger partial charge in [0, 0.05) is 6.54 Å². The molecule has 0 rings (SSSR count). The van der Waals surface area contributed by atoms with Crippen LogP contribution >= 0.6 is 12.6 Å². The first-order chi connectivity index (χ1) is 7.04. The minimum absolute atomic E-state index is 0.00663. The molecule has 1 atom stereocenters. The zero-order valence-electron chi connectivity index (χ0n) is 9.49. The lowest BCUT2D eigenvalue weighted by molar-refractivity contribution is -0.126. The number of rotatable bonds is 9. The number of thiol groups is 1. The minimum atomic E-state index is -0.585. The molecule has 0 aromatic rings. The fraction of sp³-hybridized carbons (Fsp3) is 0.900. The SMILES string of the molecule is CCC(C)(S)C(=O)COCCOCCN. The highest BCUT2D eigenvalue weighted by Gasteiger charge is 2.25. The van der Waals surface area contributed by atoms with E-state index in [0.29, 0.717) is 32.8 Å². The second kappa shape index (κ2) is 8.10. The Labute approximate surface area is 96.9 Å². The van der Waals surface area contributed by atoms with Gasteiger partial charge in [0.1, 0.15) is 6.61 Å². The molecular weight excluding hydrogens is 214 g/mol. The van der Waals surface area contributed by atoms with Crippen LogP contribution in [0.5, 0.6) is 0 Å². The maximum absolute atomic E-state index is 11.5. The number of carbonyl (C=O) groups excluding carboxylic acids is 1. The summed E-state index contributed by atoms with van der Waals surface area (Å²) in [5.74, 6) is 0.00663. The molecule has 0 saturated carbocycles. The molecular formula is C10H21NO3S. The monoisotopic (exact) mass is 235 g/mol. The van der Waals surface area contributed by atoms with Crippen LogP contribution in [0.2, 0.25) is 0 Å². The van der Waals surface area contributed by atoms with Gasteiger partial charge in [-0.1, -0.05) is 6.92 Å². The maximum atomic E-state index is 11.5. The summed E-state index contributed by atoms with van der Waals surface area (Å²) in [4.78, 5) is 11.5. The molecule has 0 heterocycles. The lowest BCUT2D eigenvalue weighted by Crippen LogP contribution is -2.32. The Kier molecular flexibility index (Phi) is 8.04. The maximum Gasteiger partial charge on any atom is 0.173 e. The standard InChI is InChI=1S/C10H21NO3S/c1-3-10(2,15)9(12)8-14-7-6-13-5-4-11/h15H,3-8,11H2,1-2H3. The number of Topliss-reactive ketones (excluding diaryl/α,β-unsaturated/α-hetero) is 1. The van der Waals surface area contributed by atoms with Gasteiger partial charge in [-0.05, 0) is 13.3 Å². The third-order valence-corrected chi connectivity index (χ3v) is 2.72. The Morgan fingerprint density at radius 2 is 1.93 bits per heavy atom. The van der Waals surface area contributed by atoms with Crippen molar-refractivity contribution in [1.82, 2.24) is 0 Å². The average Bonchev–Trinajstić information content (AvgIpc) is 2.22. The lowest BCUT2D eigenvalue weighted by atomic mass is 10.0. The van der Waals surface area contributed by atoms with E-state index in [-0.39, 0.29) is 12.4 Å². The van der Waals surface area contributed by atoms with E-state index < -0.39 is 4.75 Å². The highest BCUT2D eigenvalue weighted by molar-refractivity contribution is 7.82. The zero-order valence-corrected chi connectivity index (χ0v) is 10.4. The molecule has 0 spiro atoms. The number of ether oxygens (including phenoxy) is 2. The molecule has 2 N–H and O–H groups in total. The van der Waals surface area contributed by atoms with Gasteiger partial charge in [-0.3, -0.25) is 4.79 Å². The van der Waals surface area contributed by atoms with E-state index in [4.69, 9.17) is 15.2 Å². The molecule has 15 heavy (non-hydrogen) atoms. The lowest BCUT2D eigenvalue weighted by Gasteiger charge is -2.19. The van der Waals surface area contributed by atoms with E-state index in [0.717, 1.165) is 0 Å². The van der Waals surface area contributed by atoms with E-state index in [9.17, 15) is 4.79 Å².